The van der Waals surface area contributed by atoms with Crippen molar-refractivity contribution in [2.75, 3.05) is 26.2 Å². The Balaban J connectivity index is 1.91. The predicted molar refractivity (Wildman–Crippen MR) is 84.7 cm³/mol. The molecule has 0 aliphatic carbocycles. The van der Waals surface area contributed by atoms with Gasteiger partial charge < -0.3 is 10.1 Å². The summed E-state index contributed by atoms with van der Waals surface area (Å²) in [5.41, 5.74) is 0.967. The molecule has 1 aromatic heterocycles. The number of hydrogen-bond donors (Lipinski definition) is 1. The van der Waals surface area contributed by atoms with Gasteiger partial charge in [0.05, 0.1) is 12.3 Å². The number of rotatable bonds is 8. The highest BCUT2D eigenvalue weighted by Crippen LogP contribution is 2.15. The van der Waals surface area contributed by atoms with Gasteiger partial charge >= 0.3 is 5.97 Å². The third-order valence-corrected chi connectivity index (χ3v) is 4.44. The van der Waals surface area contributed by atoms with Crippen LogP contribution in [0.5, 0.6) is 0 Å². The summed E-state index contributed by atoms with van der Waals surface area (Å²) in [5, 5.41) is 5.97. The van der Waals surface area contributed by atoms with Crippen molar-refractivity contribution in [3.8, 4) is 0 Å². The summed E-state index contributed by atoms with van der Waals surface area (Å²) in [6, 6.07) is 0.597. The Labute approximate surface area is 130 Å². The molecule has 1 aliphatic heterocycles. The molecule has 0 spiro atoms. The van der Waals surface area contributed by atoms with E-state index in [1.807, 2.05) is 12.3 Å². The van der Waals surface area contributed by atoms with Gasteiger partial charge in [0.25, 0.3) is 0 Å². The Hall–Kier alpha value is -0.980. The van der Waals surface area contributed by atoms with Crippen molar-refractivity contribution >= 4 is 17.3 Å². The van der Waals surface area contributed by atoms with E-state index in [1.165, 1.54) is 24.2 Å². The molecule has 1 aliphatic rings. The number of carbonyl (C=O) groups is 1. The molecule has 1 N–H and O–H groups in total. The molecule has 1 aromatic rings. The van der Waals surface area contributed by atoms with Crippen molar-refractivity contribution in [2.24, 2.45) is 0 Å². The minimum atomic E-state index is -0.312. The first-order valence-electron chi connectivity index (χ1n) is 7.80. The van der Waals surface area contributed by atoms with E-state index in [1.54, 1.807) is 0 Å². The molecule has 0 radical (unpaired) electrons. The van der Waals surface area contributed by atoms with E-state index in [9.17, 15) is 4.79 Å². The lowest BCUT2D eigenvalue weighted by molar-refractivity contribution is 0.0525. The summed E-state index contributed by atoms with van der Waals surface area (Å²) in [6.45, 7) is 8.45. The minimum absolute atomic E-state index is 0.312. The van der Waals surface area contributed by atoms with Gasteiger partial charge in [-0.3, -0.25) is 4.90 Å². The molecule has 0 saturated carbocycles. The number of esters is 1. The summed E-state index contributed by atoms with van der Waals surface area (Å²) in [6.07, 6.45) is 3.65. The third-order valence-electron chi connectivity index (χ3n) is 3.57. The van der Waals surface area contributed by atoms with Gasteiger partial charge in [-0.2, -0.15) is 0 Å². The van der Waals surface area contributed by atoms with E-state index in [-0.39, 0.29) is 5.97 Å². The van der Waals surface area contributed by atoms with Crippen LogP contribution in [0.2, 0.25) is 0 Å². The van der Waals surface area contributed by atoms with Gasteiger partial charge in [0.15, 0.2) is 0 Å². The molecule has 1 atom stereocenters. The molecule has 1 unspecified atom stereocenters. The molecule has 1 saturated heterocycles. The second-order valence-corrected chi connectivity index (χ2v) is 6.25. The van der Waals surface area contributed by atoms with E-state index in [0.29, 0.717) is 17.7 Å². The van der Waals surface area contributed by atoms with Crippen molar-refractivity contribution in [1.82, 2.24) is 15.2 Å². The molecule has 0 amide bonds. The van der Waals surface area contributed by atoms with Gasteiger partial charge in [0.1, 0.15) is 0 Å². The van der Waals surface area contributed by atoms with Crippen molar-refractivity contribution < 1.29 is 9.53 Å². The molecule has 6 heteroatoms. The first kappa shape index (κ1) is 16.4. The van der Waals surface area contributed by atoms with Gasteiger partial charge in [-0.15, -0.1) is 11.3 Å². The SMILES string of the molecule is CCCN(Cc1csc(C(=O)OCC)n1)CC1CCCN1. The van der Waals surface area contributed by atoms with Gasteiger partial charge in [-0.25, -0.2) is 9.78 Å². The maximum absolute atomic E-state index is 11.7. The number of aromatic nitrogens is 1. The lowest BCUT2D eigenvalue weighted by Gasteiger charge is -2.24. The normalized spacial score (nSPS) is 18.3. The van der Waals surface area contributed by atoms with Crippen LogP contribution in [0.3, 0.4) is 0 Å². The van der Waals surface area contributed by atoms with Crippen LogP contribution in [0.25, 0.3) is 0 Å². The Kier molecular flexibility index (Phi) is 6.60. The van der Waals surface area contributed by atoms with Crippen LogP contribution >= 0.6 is 11.3 Å². The smallest absolute Gasteiger partial charge is 0.367 e. The Morgan fingerprint density at radius 1 is 1.57 bits per heavy atom. The second kappa shape index (κ2) is 8.46. The van der Waals surface area contributed by atoms with Crippen molar-refractivity contribution in [3.63, 3.8) is 0 Å². The first-order chi connectivity index (χ1) is 10.2. The summed E-state index contributed by atoms with van der Waals surface area (Å²) < 4.78 is 4.99. The number of carbonyl (C=O) groups excluding carboxylic acids is 1. The summed E-state index contributed by atoms with van der Waals surface area (Å²) in [5.74, 6) is -0.312. The topological polar surface area (TPSA) is 54.5 Å². The van der Waals surface area contributed by atoms with Crippen molar-refractivity contribution in [1.29, 1.82) is 0 Å². The zero-order valence-electron chi connectivity index (χ0n) is 12.9. The Morgan fingerprint density at radius 2 is 2.43 bits per heavy atom. The molecule has 2 rings (SSSR count). The highest BCUT2D eigenvalue weighted by molar-refractivity contribution is 7.11. The Bertz CT molecular complexity index is 444. The molecule has 1 fully saturated rings. The first-order valence-corrected chi connectivity index (χ1v) is 8.68. The van der Waals surface area contributed by atoms with Crippen LogP contribution in [-0.2, 0) is 11.3 Å². The van der Waals surface area contributed by atoms with Gasteiger partial charge in [-0.05, 0) is 39.3 Å². The molecule has 2 heterocycles. The quantitative estimate of drug-likeness (QED) is 0.747. The molecule has 118 valence electrons. The van der Waals surface area contributed by atoms with Crippen molar-refractivity contribution in [3.05, 3.63) is 16.1 Å². The van der Waals surface area contributed by atoms with Crippen molar-refractivity contribution in [2.45, 2.75) is 45.7 Å². The molecular weight excluding hydrogens is 286 g/mol. The molecule has 5 nitrogen and oxygen atoms in total. The number of hydrogen-bond acceptors (Lipinski definition) is 6. The van der Waals surface area contributed by atoms with Gasteiger partial charge in [-0.1, -0.05) is 6.92 Å². The van der Waals surface area contributed by atoms with Gasteiger partial charge in [0.2, 0.25) is 5.01 Å². The third kappa shape index (κ3) is 5.05. The average Bonchev–Trinajstić information content (AvgIpc) is 3.11. The number of nitrogens with one attached hydrogen (secondary N) is 1. The highest BCUT2D eigenvalue weighted by atomic mass is 32.1. The summed E-state index contributed by atoms with van der Waals surface area (Å²) in [4.78, 5) is 18.5. The fourth-order valence-corrected chi connectivity index (χ4v) is 3.37. The predicted octanol–water partition coefficient (Wildman–Crippen LogP) is 2.28. The molecule has 0 aromatic carbocycles. The van der Waals surface area contributed by atoms with Crippen LogP contribution < -0.4 is 5.32 Å². The minimum Gasteiger partial charge on any atom is -0.461 e. The lowest BCUT2D eigenvalue weighted by atomic mass is 10.2. The summed E-state index contributed by atoms with van der Waals surface area (Å²) >= 11 is 1.37. The van der Waals surface area contributed by atoms with E-state index >= 15 is 0 Å². The maximum Gasteiger partial charge on any atom is 0.367 e. The van der Waals surface area contributed by atoms with Crippen LogP contribution in [0.4, 0.5) is 0 Å². The van der Waals surface area contributed by atoms with Crippen LogP contribution in [0.1, 0.15) is 48.6 Å². The fraction of sp³-hybridized carbons (Fsp3) is 0.733. The standard InChI is InChI=1S/C15H25N3O2S/c1-3-8-18(9-12-6-5-7-16-12)10-13-11-21-14(17-13)15(19)20-4-2/h11-12,16H,3-10H2,1-2H3. The fourth-order valence-electron chi connectivity index (χ4n) is 2.67. The number of thiazole rings is 1. The molecule has 21 heavy (non-hydrogen) atoms. The largest absolute Gasteiger partial charge is 0.461 e. The Morgan fingerprint density at radius 3 is 3.10 bits per heavy atom. The number of ether oxygens (including phenoxy) is 1. The van der Waals surface area contributed by atoms with Crippen LogP contribution in [0.15, 0.2) is 5.38 Å². The maximum atomic E-state index is 11.7. The zero-order valence-corrected chi connectivity index (χ0v) is 13.7. The van der Waals surface area contributed by atoms with E-state index in [4.69, 9.17) is 4.74 Å². The summed E-state index contributed by atoms with van der Waals surface area (Å²) in [7, 11) is 0. The second-order valence-electron chi connectivity index (χ2n) is 5.39. The van der Waals surface area contributed by atoms with Crippen LogP contribution in [0, 0.1) is 0 Å². The molecular formula is C15H25N3O2S. The molecule has 0 bridgehead atoms. The van der Waals surface area contributed by atoms with E-state index in [0.717, 1.165) is 38.3 Å². The van der Waals surface area contributed by atoms with Crippen LogP contribution in [-0.4, -0.2) is 48.1 Å². The van der Waals surface area contributed by atoms with E-state index in [2.05, 4.69) is 22.1 Å². The monoisotopic (exact) mass is 311 g/mol. The zero-order chi connectivity index (χ0) is 15.1. The lowest BCUT2D eigenvalue weighted by Crippen LogP contribution is -2.37. The van der Waals surface area contributed by atoms with E-state index < -0.39 is 0 Å². The van der Waals surface area contributed by atoms with Gasteiger partial charge in [0, 0.05) is 24.5 Å². The highest BCUT2D eigenvalue weighted by Gasteiger charge is 2.19. The number of nitrogens with zero attached hydrogens (tertiary/aromatic N) is 2. The average molecular weight is 311 g/mol.